The van der Waals surface area contributed by atoms with Crippen molar-refractivity contribution in [3.63, 3.8) is 0 Å². The number of nitriles is 1. The van der Waals surface area contributed by atoms with Crippen LogP contribution in [-0.2, 0) is 4.74 Å². The second-order valence-corrected chi connectivity index (χ2v) is 5.11. The summed E-state index contributed by atoms with van der Waals surface area (Å²) in [5.41, 5.74) is 0. The molecule has 0 amide bonds. The number of halogens is 1. The highest BCUT2D eigenvalue weighted by molar-refractivity contribution is 9.10. The van der Waals surface area contributed by atoms with Crippen molar-refractivity contribution < 1.29 is 4.74 Å². The lowest BCUT2D eigenvalue weighted by atomic mass is 10.2. The van der Waals surface area contributed by atoms with Crippen molar-refractivity contribution in [3.05, 3.63) is 20.8 Å². The predicted molar refractivity (Wildman–Crippen MR) is 62.8 cm³/mol. The number of ether oxygens (including phenoxy) is 1. The lowest BCUT2D eigenvalue weighted by molar-refractivity contribution is 0.0271. The third kappa shape index (κ3) is 2.40. The topological polar surface area (TPSA) is 36.3 Å². The quantitative estimate of drug-likeness (QED) is 0.838. The Balaban J connectivity index is 2.17. The first-order chi connectivity index (χ1) is 7.33. The van der Waals surface area contributed by atoms with Gasteiger partial charge in [0, 0.05) is 17.6 Å². The number of morpholine rings is 1. The Labute approximate surface area is 101 Å². The SMILES string of the molecule is N#CC(c1sccc1Br)N1CCOCC1. The first-order valence-corrected chi connectivity index (χ1v) is 6.44. The van der Waals surface area contributed by atoms with Crippen LogP contribution in [0.2, 0.25) is 0 Å². The average molecular weight is 287 g/mol. The van der Waals surface area contributed by atoms with Crippen molar-refractivity contribution >= 4 is 27.3 Å². The molecular weight excluding hydrogens is 276 g/mol. The fraction of sp³-hybridized carbons (Fsp3) is 0.500. The summed E-state index contributed by atoms with van der Waals surface area (Å²) in [6.07, 6.45) is 0. The molecule has 1 atom stereocenters. The summed E-state index contributed by atoms with van der Waals surface area (Å²) in [4.78, 5) is 3.26. The molecule has 5 heteroatoms. The summed E-state index contributed by atoms with van der Waals surface area (Å²) >= 11 is 5.10. The lowest BCUT2D eigenvalue weighted by Crippen LogP contribution is -2.38. The molecule has 1 fully saturated rings. The molecule has 3 nitrogen and oxygen atoms in total. The van der Waals surface area contributed by atoms with Crippen molar-refractivity contribution in [2.75, 3.05) is 26.3 Å². The van der Waals surface area contributed by atoms with E-state index in [9.17, 15) is 5.26 Å². The third-order valence-electron chi connectivity index (χ3n) is 2.43. The Morgan fingerprint density at radius 1 is 1.53 bits per heavy atom. The van der Waals surface area contributed by atoms with Gasteiger partial charge in [-0.2, -0.15) is 5.26 Å². The minimum atomic E-state index is -0.136. The summed E-state index contributed by atoms with van der Waals surface area (Å²) in [6, 6.07) is 4.22. The van der Waals surface area contributed by atoms with Crippen molar-refractivity contribution in [2.45, 2.75) is 6.04 Å². The van der Waals surface area contributed by atoms with Gasteiger partial charge in [-0.05, 0) is 27.4 Å². The molecular formula is C10H11BrN2OS. The van der Waals surface area contributed by atoms with E-state index in [-0.39, 0.29) is 6.04 Å². The van der Waals surface area contributed by atoms with Gasteiger partial charge in [0.1, 0.15) is 6.04 Å². The number of hydrogen-bond acceptors (Lipinski definition) is 4. The van der Waals surface area contributed by atoms with E-state index in [0.29, 0.717) is 0 Å². The zero-order chi connectivity index (χ0) is 10.7. The molecule has 0 bridgehead atoms. The fourth-order valence-corrected chi connectivity index (χ4v) is 3.31. The van der Waals surface area contributed by atoms with Crippen LogP contribution in [0.15, 0.2) is 15.9 Å². The monoisotopic (exact) mass is 286 g/mol. The van der Waals surface area contributed by atoms with Gasteiger partial charge in [-0.3, -0.25) is 4.90 Å². The summed E-state index contributed by atoms with van der Waals surface area (Å²) in [7, 11) is 0. The molecule has 1 aliphatic heterocycles. The normalized spacial score (nSPS) is 19.7. The highest BCUT2D eigenvalue weighted by atomic mass is 79.9. The van der Waals surface area contributed by atoms with Crippen LogP contribution in [-0.4, -0.2) is 31.2 Å². The van der Waals surface area contributed by atoms with E-state index in [0.717, 1.165) is 35.7 Å². The number of thiophene rings is 1. The smallest absolute Gasteiger partial charge is 0.134 e. The second kappa shape index (κ2) is 5.08. The third-order valence-corrected chi connectivity index (χ3v) is 4.35. The van der Waals surface area contributed by atoms with E-state index in [1.54, 1.807) is 11.3 Å². The molecule has 15 heavy (non-hydrogen) atoms. The Morgan fingerprint density at radius 2 is 2.27 bits per heavy atom. The summed E-state index contributed by atoms with van der Waals surface area (Å²) in [5.74, 6) is 0. The van der Waals surface area contributed by atoms with Crippen LogP contribution in [0.3, 0.4) is 0 Å². The Kier molecular flexibility index (Phi) is 3.76. The summed E-state index contributed by atoms with van der Waals surface area (Å²) < 4.78 is 6.32. The lowest BCUT2D eigenvalue weighted by Gasteiger charge is -2.30. The van der Waals surface area contributed by atoms with Crippen LogP contribution in [0.5, 0.6) is 0 Å². The summed E-state index contributed by atoms with van der Waals surface area (Å²) in [6.45, 7) is 3.12. The van der Waals surface area contributed by atoms with E-state index in [4.69, 9.17) is 4.74 Å². The van der Waals surface area contributed by atoms with Gasteiger partial charge in [-0.15, -0.1) is 11.3 Å². The molecule has 0 aromatic carbocycles. The molecule has 1 aromatic heterocycles. The first kappa shape index (κ1) is 11.1. The van der Waals surface area contributed by atoms with Gasteiger partial charge in [-0.1, -0.05) is 0 Å². The van der Waals surface area contributed by atoms with Crippen LogP contribution in [0.4, 0.5) is 0 Å². The highest BCUT2D eigenvalue weighted by Crippen LogP contribution is 2.32. The maximum Gasteiger partial charge on any atom is 0.134 e. The van der Waals surface area contributed by atoms with Crippen LogP contribution in [0.1, 0.15) is 10.9 Å². The second-order valence-electron chi connectivity index (χ2n) is 3.31. The van der Waals surface area contributed by atoms with Gasteiger partial charge in [0.15, 0.2) is 0 Å². The Morgan fingerprint density at radius 3 is 2.80 bits per heavy atom. The predicted octanol–water partition coefficient (Wildman–Crippen LogP) is 2.41. The minimum absolute atomic E-state index is 0.136. The van der Waals surface area contributed by atoms with Crippen molar-refractivity contribution in [3.8, 4) is 6.07 Å². The maximum absolute atomic E-state index is 9.23. The van der Waals surface area contributed by atoms with Gasteiger partial charge in [-0.25, -0.2) is 0 Å². The molecule has 1 unspecified atom stereocenters. The Bertz CT molecular complexity index is 368. The first-order valence-electron chi connectivity index (χ1n) is 4.77. The molecule has 1 aromatic rings. The van der Waals surface area contributed by atoms with Gasteiger partial charge < -0.3 is 4.74 Å². The van der Waals surface area contributed by atoms with Crippen molar-refractivity contribution in [1.82, 2.24) is 4.90 Å². The van der Waals surface area contributed by atoms with E-state index < -0.39 is 0 Å². The summed E-state index contributed by atoms with van der Waals surface area (Å²) in [5, 5.41) is 11.2. The molecule has 0 radical (unpaired) electrons. The van der Waals surface area contributed by atoms with E-state index in [2.05, 4.69) is 26.9 Å². The molecule has 0 aliphatic carbocycles. The molecule has 0 N–H and O–H groups in total. The standard InChI is InChI=1S/C10H11BrN2OS/c11-8-1-6-15-10(8)9(7-12)13-2-4-14-5-3-13/h1,6,9H,2-5H2. The fourth-order valence-electron chi connectivity index (χ4n) is 1.64. The van der Waals surface area contributed by atoms with Crippen LogP contribution < -0.4 is 0 Å². The van der Waals surface area contributed by atoms with Gasteiger partial charge in [0.2, 0.25) is 0 Å². The van der Waals surface area contributed by atoms with Crippen LogP contribution in [0.25, 0.3) is 0 Å². The molecule has 0 saturated carbocycles. The largest absolute Gasteiger partial charge is 0.379 e. The van der Waals surface area contributed by atoms with Crippen molar-refractivity contribution in [1.29, 1.82) is 5.26 Å². The molecule has 2 rings (SSSR count). The van der Waals surface area contributed by atoms with Crippen LogP contribution >= 0.6 is 27.3 Å². The van der Waals surface area contributed by atoms with Gasteiger partial charge in [0.25, 0.3) is 0 Å². The zero-order valence-electron chi connectivity index (χ0n) is 8.15. The average Bonchev–Trinajstić information content (AvgIpc) is 2.68. The van der Waals surface area contributed by atoms with Crippen LogP contribution in [0, 0.1) is 11.3 Å². The minimum Gasteiger partial charge on any atom is -0.379 e. The molecule has 0 spiro atoms. The van der Waals surface area contributed by atoms with E-state index in [1.807, 2.05) is 11.4 Å². The molecule has 1 saturated heterocycles. The number of hydrogen-bond donors (Lipinski definition) is 0. The molecule has 2 heterocycles. The zero-order valence-corrected chi connectivity index (χ0v) is 10.6. The number of nitrogens with zero attached hydrogens (tertiary/aromatic N) is 2. The molecule has 80 valence electrons. The molecule has 1 aliphatic rings. The highest BCUT2D eigenvalue weighted by Gasteiger charge is 2.24. The van der Waals surface area contributed by atoms with Gasteiger partial charge in [0.05, 0.1) is 24.2 Å². The number of rotatable bonds is 2. The van der Waals surface area contributed by atoms with Gasteiger partial charge >= 0.3 is 0 Å². The van der Waals surface area contributed by atoms with Crippen molar-refractivity contribution in [2.24, 2.45) is 0 Å². The maximum atomic E-state index is 9.23. The Hall–Kier alpha value is -0.410. The van der Waals surface area contributed by atoms with E-state index >= 15 is 0 Å². The van der Waals surface area contributed by atoms with E-state index in [1.165, 1.54) is 0 Å².